The van der Waals surface area contributed by atoms with Crippen LogP contribution in [0.1, 0.15) is 28.8 Å². The van der Waals surface area contributed by atoms with Crippen LogP contribution in [0.25, 0.3) is 0 Å². The molecule has 0 spiro atoms. The maximum atomic E-state index is 12.8. The standard InChI is InChI=1S/C22H23ClN2O3/c1-2-21(26)24-14-16-9-11-17(12-10-16)22(27)25-13-5-6-18(15-25)28-20-8-4-3-7-19(20)23/h2-4,7-12,18H,1,5-6,13-15H2,(H,24,26). The lowest BCUT2D eigenvalue weighted by molar-refractivity contribution is -0.116. The number of hydrogen-bond donors (Lipinski definition) is 1. The van der Waals surface area contributed by atoms with Gasteiger partial charge >= 0.3 is 0 Å². The summed E-state index contributed by atoms with van der Waals surface area (Å²) in [5, 5.41) is 3.29. The van der Waals surface area contributed by atoms with Crippen molar-refractivity contribution in [2.75, 3.05) is 13.1 Å². The molecule has 6 heteroatoms. The van der Waals surface area contributed by atoms with Gasteiger partial charge in [0.05, 0.1) is 11.6 Å². The fourth-order valence-electron chi connectivity index (χ4n) is 3.15. The second-order valence-corrected chi connectivity index (χ2v) is 7.09. The molecule has 1 unspecified atom stereocenters. The van der Waals surface area contributed by atoms with Gasteiger partial charge in [0.2, 0.25) is 5.91 Å². The minimum absolute atomic E-state index is 0.0193. The first-order valence-electron chi connectivity index (χ1n) is 9.26. The van der Waals surface area contributed by atoms with Crippen LogP contribution in [0.4, 0.5) is 0 Å². The quantitative estimate of drug-likeness (QED) is 0.752. The maximum Gasteiger partial charge on any atom is 0.253 e. The number of nitrogens with one attached hydrogen (secondary N) is 1. The lowest BCUT2D eigenvalue weighted by Crippen LogP contribution is -2.44. The summed E-state index contributed by atoms with van der Waals surface area (Å²) in [5.74, 6) is 0.404. The average molecular weight is 399 g/mol. The molecule has 0 bridgehead atoms. The van der Waals surface area contributed by atoms with E-state index in [1.807, 2.05) is 35.2 Å². The predicted octanol–water partition coefficient (Wildman–Crippen LogP) is 3.83. The summed E-state index contributed by atoms with van der Waals surface area (Å²) in [4.78, 5) is 25.9. The average Bonchev–Trinajstić information content (AvgIpc) is 2.73. The van der Waals surface area contributed by atoms with Gasteiger partial charge in [0.25, 0.3) is 5.91 Å². The number of amides is 2. The summed E-state index contributed by atoms with van der Waals surface area (Å²) in [5.41, 5.74) is 1.54. The first-order chi connectivity index (χ1) is 13.6. The number of nitrogens with zero attached hydrogens (tertiary/aromatic N) is 1. The van der Waals surface area contributed by atoms with E-state index in [0.717, 1.165) is 18.4 Å². The van der Waals surface area contributed by atoms with Gasteiger partial charge in [0.1, 0.15) is 11.9 Å². The van der Waals surface area contributed by atoms with Crippen LogP contribution in [0.5, 0.6) is 5.75 Å². The number of carbonyl (C=O) groups is 2. The van der Waals surface area contributed by atoms with Crippen molar-refractivity contribution in [1.82, 2.24) is 10.2 Å². The first-order valence-corrected chi connectivity index (χ1v) is 9.64. The molecule has 1 saturated heterocycles. The van der Waals surface area contributed by atoms with Crippen molar-refractivity contribution in [2.24, 2.45) is 0 Å². The van der Waals surface area contributed by atoms with Crippen molar-refractivity contribution in [2.45, 2.75) is 25.5 Å². The molecule has 0 saturated carbocycles. The molecule has 146 valence electrons. The lowest BCUT2D eigenvalue weighted by Gasteiger charge is -2.33. The van der Waals surface area contributed by atoms with Crippen molar-refractivity contribution in [3.8, 4) is 5.75 Å². The zero-order chi connectivity index (χ0) is 19.9. The van der Waals surface area contributed by atoms with E-state index >= 15 is 0 Å². The molecule has 1 heterocycles. The van der Waals surface area contributed by atoms with Gasteiger partial charge in [-0.1, -0.05) is 42.4 Å². The molecule has 1 aliphatic heterocycles. The monoisotopic (exact) mass is 398 g/mol. The summed E-state index contributed by atoms with van der Waals surface area (Å²) < 4.78 is 6.01. The summed E-state index contributed by atoms with van der Waals surface area (Å²) in [6.45, 7) is 5.05. The maximum absolute atomic E-state index is 12.8. The number of rotatable bonds is 6. The van der Waals surface area contributed by atoms with Gasteiger partial charge in [-0.2, -0.15) is 0 Å². The Kier molecular flexibility index (Phi) is 6.71. The number of ether oxygens (including phenoxy) is 1. The van der Waals surface area contributed by atoms with Gasteiger partial charge < -0.3 is 15.0 Å². The van der Waals surface area contributed by atoms with Gasteiger partial charge in [-0.05, 0) is 48.7 Å². The number of benzene rings is 2. The molecule has 28 heavy (non-hydrogen) atoms. The van der Waals surface area contributed by atoms with E-state index in [9.17, 15) is 9.59 Å². The molecule has 1 N–H and O–H groups in total. The molecule has 0 aliphatic carbocycles. The number of halogens is 1. The molecule has 0 radical (unpaired) electrons. The van der Waals surface area contributed by atoms with Crippen LogP contribution in [0.15, 0.2) is 61.2 Å². The molecule has 3 rings (SSSR count). The fourth-order valence-corrected chi connectivity index (χ4v) is 3.33. The van der Waals surface area contributed by atoms with Gasteiger partial charge in [0, 0.05) is 18.7 Å². The van der Waals surface area contributed by atoms with Crippen molar-refractivity contribution >= 4 is 23.4 Å². The van der Waals surface area contributed by atoms with Crippen LogP contribution in [-0.2, 0) is 11.3 Å². The number of para-hydroxylation sites is 1. The van der Waals surface area contributed by atoms with Crippen LogP contribution in [0.2, 0.25) is 5.02 Å². The lowest BCUT2D eigenvalue weighted by atomic mass is 10.1. The zero-order valence-corrected chi connectivity index (χ0v) is 16.3. The highest BCUT2D eigenvalue weighted by atomic mass is 35.5. The third kappa shape index (κ3) is 5.14. The Morgan fingerprint density at radius 3 is 2.68 bits per heavy atom. The molecule has 1 aliphatic rings. The summed E-state index contributed by atoms with van der Waals surface area (Å²) in [6.07, 6.45) is 2.92. The van der Waals surface area contributed by atoms with Crippen LogP contribution in [-0.4, -0.2) is 35.9 Å². The molecule has 2 aromatic carbocycles. The topological polar surface area (TPSA) is 58.6 Å². The van der Waals surface area contributed by atoms with Crippen molar-refractivity contribution in [3.05, 3.63) is 77.3 Å². The van der Waals surface area contributed by atoms with Crippen LogP contribution in [0.3, 0.4) is 0 Å². The van der Waals surface area contributed by atoms with Crippen molar-refractivity contribution < 1.29 is 14.3 Å². The Hall–Kier alpha value is -2.79. The van der Waals surface area contributed by atoms with Gasteiger partial charge in [-0.15, -0.1) is 0 Å². The minimum atomic E-state index is -0.224. The summed E-state index contributed by atoms with van der Waals surface area (Å²) in [7, 11) is 0. The molecule has 5 nitrogen and oxygen atoms in total. The van der Waals surface area contributed by atoms with Gasteiger partial charge in [0.15, 0.2) is 0 Å². The highest BCUT2D eigenvalue weighted by Crippen LogP contribution is 2.26. The zero-order valence-electron chi connectivity index (χ0n) is 15.6. The van der Waals surface area contributed by atoms with Crippen LogP contribution in [0, 0.1) is 0 Å². The highest BCUT2D eigenvalue weighted by molar-refractivity contribution is 6.32. The minimum Gasteiger partial charge on any atom is -0.487 e. The van der Waals surface area contributed by atoms with Crippen molar-refractivity contribution in [3.63, 3.8) is 0 Å². The third-order valence-corrected chi connectivity index (χ3v) is 4.96. The Labute approximate surface area is 169 Å². The largest absolute Gasteiger partial charge is 0.487 e. The van der Waals surface area contributed by atoms with Crippen molar-refractivity contribution in [1.29, 1.82) is 0 Å². The van der Waals surface area contributed by atoms with Crippen LogP contribution >= 0.6 is 11.6 Å². The smallest absolute Gasteiger partial charge is 0.253 e. The second-order valence-electron chi connectivity index (χ2n) is 6.68. The molecular weight excluding hydrogens is 376 g/mol. The molecule has 1 atom stereocenters. The second kappa shape index (κ2) is 9.42. The van der Waals surface area contributed by atoms with E-state index in [4.69, 9.17) is 16.3 Å². The third-order valence-electron chi connectivity index (χ3n) is 4.65. The Morgan fingerprint density at radius 2 is 1.96 bits per heavy atom. The van der Waals surface area contributed by atoms with E-state index in [1.165, 1.54) is 6.08 Å². The van der Waals surface area contributed by atoms with E-state index < -0.39 is 0 Å². The summed E-state index contributed by atoms with van der Waals surface area (Å²) >= 11 is 6.17. The summed E-state index contributed by atoms with van der Waals surface area (Å²) in [6, 6.07) is 14.6. The van der Waals surface area contributed by atoms with E-state index in [1.54, 1.807) is 18.2 Å². The number of hydrogen-bond acceptors (Lipinski definition) is 3. The molecule has 1 fully saturated rings. The fraction of sp³-hybridized carbons (Fsp3) is 0.273. The Morgan fingerprint density at radius 1 is 1.21 bits per heavy atom. The molecule has 2 amide bonds. The first kappa shape index (κ1) is 20.0. The molecule has 0 aromatic heterocycles. The Bertz CT molecular complexity index is 851. The molecule has 2 aromatic rings. The van der Waals surface area contributed by atoms with Crippen LogP contribution < -0.4 is 10.1 Å². The number of piperidine rings is 1. The van der Waals surface area contributed by atoms with E-state index in [-0.39, 0.29) is 17.9 Å². The van der Waals surface area contributed by atoms with E-state index in [0.29, 0.717) is 36.0 Å². The predicted molar refractivity (Wildman–Crippen MR) is 109 cm³/mol. The van der Waals surface area contributed by atoms with E-state index in [2.05, 4.69) is 11.9 Å². The number of likely N-dealkylation sites (tertiary alicyclic amines) is 1. The molecular formula is C22H23ClN2O3. The highest BCUT2D eigenvalue weighted by Gasteiger charge is 2.26. The van der Waals surface area contributed by atoms with Gasteiger partial charge in [-0.3, -0.25) is 9.59 Å². The Balaban J connectivity index is 1.59. The normalized spacial score (nSPS) is 16.3. The van der Waals surface area contributed by atoms with Gasteiger partial charge in [-0.25, -0.2) is 0 Å². The SMILES string of the molecule is C=CC(=O)NCc1ccc(C(=O)N2CCCC(Oc3ccccc3Cl)C2)cc1. The number of carbonyl (C=O) groups excluding carboxylic acids is 2.